The molecule has 0 unspecified atom stereocenters. The number of benzene rings is 1. The van der Waals surface area contributed by atoms with Gasteiger partial charge in [-0.2, -0.15) is 0 Å². The Morgan fingerprint density at radius 2 is 1.80 bits per heavy atom. The van der Waals surface area contributed by atoms with Crippen LogP contribution in [0.5, 0.6) is 0 Å². The van der Waals surface area contributed by atoms with Gasteiger partial charge in [0.05, 0.1) is 0 Å². The predicted molar refractivity (Wildman–Crippen MR) is 62.6 cm³/mol. The molecule has 15 heavy (non-hydrogen) atoms. The van der Waals surface area contributed by atoms with Gasteiger partial charge in [-0.25, -0.2) is 0 Å². The van der Waals surface area contributed by atoms with Gasteiger partial charge in [0.1, 0.15) is 0 Å². The quantitative estimate of drug-likeness (QED) is 0.782. The SMILES string of the molecule is NC[C@H]1[C@@H]2CC[C@@H](C2)[C@@H]1c1ccccc1. The van der Waals surface area contributed by atoms with Crippen molar-refractivity contribution in [1.82, 2.24) is 0 Å². The van der Waals surface area contributed by atoms with Crippen LogP contribution in [-0.2, 0) is 0 Å². The van der Waals surface area contributed by atoms with E-state index in [-0.39, 0.29) is 0 Å². The van der Waals surface area contributed by atoms with Crippen molar-refractivity contribution in [3.8, 4) is 0 Å². The van der Waals surface area contributed by atoms with E-state index in [2.05, 4.69) is 30.3 Å². The molecule has 0 radical (unpaired) electrons. The molecule has 80 valence electrons. The van der Waals surface area contributed by atoms with Gasteiger partial charge in [0.25, 0.3) is 0 Å². The van der Waals surface area contributed by atoms with Crippen LogP contribution in [0, 0.1) is 17.8 Å². The lowest BCUT2D eigenvalue weighted by atomic mass is 9.75. The van der Waals surface area contributed by atoms with Crippen LogP contribution in [0.1, 0.15) is 30.7 Å². The second-order valence-corrected chi connectivity index (χ2v) is 5.17. The van der Waals surface area contributed by atoms with Gasteiger partial charge >= 0.3 is 0 Å². The Bertz CT molecular complexity index is 332. The van der Waals surface area contributed by atoms with E-state index in [1.165, 1.54) is 24.8 Å². The van der Waals surface area contributed by atoms with E-state index in [1.807, 2.05) is 0 Å². The molecule has 0 aromatic heterocycles. The largest absolute Gasteiger partial charge is 0.330 e. The molecule has 0 spiro atoms. The molecule has 2 saturated carbocycles. The van der Waals surface area contributed by atoms with E-state index < -0.39 is 0 Å². The first-order valence-corrected chi connectivity index (χ1v) is 6.15. The third-order valence-corrected chi connectivity index (χ3v) is 4.55. The highest BCUT2D eigenvalue weighted by Crippen LogP contribution is 2.56. The summed E-state index contributed by atoms with van der Waals surface area (Å²) >= 11 is 0. The minimum absolute atomic E-state index is 0.756. The fourth-order valence-corrected chi connectivity index (χ4v) is 3.94. The molecule has 2 fully saturated rings. The maximum Gasteiger partial charge on any atom is -0.00403 e. The molecule has 1 aromatic rings. The Kier molecular flexibility index (Phi) is 2.28. The zero-order chi connectivity index (χ0) is 10.3. The second-order valence-electron chi connectivity index (χ2n) is 5.17. The van der Waals surface area contributed by atoms with Crippen LogP contribution in [0.15, 0.2) is 30.3 Å². The third kappa shape index (κ3) is 1.41. The van der Waals surface area contributed by atoms with Gasteiger partial charge in [-0.1, -0.05) is 30.3 Å². The topological polar surface area (TPSA) is 26.0 Å². The number of hydrogen-bond acceptors (Lipinski definition) is 1. The fraction of sp³-hybridized carbons (Fsp3) is 0.571. The maximum atomic E-state index is 5.95. The lowest BCUT2D eigenvalue weighted by molar-refractivity contribution is 0.295. The number of nitrogens with two attached hydrogens (primary N) is 1. The highest BCUT2D eigenvalue weighted by molar-refractivity contribution is 5.24. The molecule has 0 heterocycles. The van der Waals surface area contributed by atoms with Crippen molar-refractivity contribution in [3.05, 3.63) is 35.9 Å². The van der Waals surface area contributed by atoms with Gasteiger partial charge < -0.3 is 5.73 Å². The van der Waals surface area contributed by atoms with Crippen molar-refractivity contribution in [3.63, 3.8) is 0 Å². The molecule has 1 heteroatoms. The van der Waals surface area contributed by atoms with Crippen molar-refractivity contribution >= 4 is 0 Å². The van der Waals surface area contributed by atoms with Crippen molar-refractivity contribution in [2.45, 2.75) is 25.2 Å². The molecule has 0 aliphatic heterocycles. The van der Waals surface area contributed by atoms with Gasteiger partial charge in [0.15, 0.2) is 0 Å². The molecule has 0 saturated heterocycles. The molecule has 2 aliphatic carbocycles. The zero-order valence-electron chi connectivity index (χ0n) is 9.10. The van der Waals surface area contributed by atoms with Crippen LogP contribution in [-0.4, -0.2) is 6.54 Å². The standard InChI is InChI=1S/C14H19N/c15-9-13-11-6-7-12(8-11)14(13)10-4-2-1-3-5-10/h1-5,11-14H,6-9,15H2/t11-,12+,13+,14+/m1/s1. The first kappa shape index (κ1) is 9.41. The molecular formula is C14H19N. The molecule has 4 atom stereocenters. The van der Waals surface area contributed by atoms with Crippen molar-refractivity contribution < 1.29 is 0 Å². The Morgan fingerprint density at radius 3 is 2.53 bits per heavy atom. The average molecular weight is 201 g/mol. The molecule has 1 nitrogen and oxygen atoms in total. The summed E-state index contributed by atoms with van der Waals surface area (Å²) in [7, 11) is 0. The van der Waals surface area contributed by atoms with E-state index in [1.54, 1.807) is 0 Å². The minimum Gasteiger partial charge on any atom is -0.330 e. The van der Waals surface area contributed by atoms with Crippen LogP contribution in [0.3, 0.4) is 0 Å². The van der Waals surface area contributed by atoms with E-state index in [4.69, 9.17) is 5.73 Å². The summed E-state index contributed by atoms with van der Waals surface area (Å²) < 4.78 is 0. The molecular weight excluding hydrogens is 182 g/mol. The number of rotatable bonds is 2. The number of fused-ring (bicyclic) bond motifs is 2. The summed E-state index contributed by atoms with van der Waals surface area (Å²) in [5, 5.41) is 0. The van der Waals surface area contributed by atoms with E-state index in [0.717, 1.165) is 30.2 Å². The van der Waals surface area contributed by atoms with E-state index in [0.29, 0.717) is 0 Å². The minimum atomic E-state index is 0.756. The highest BCUT2D eigenvalue weighted by atomic mass is 14.6. The Hall–Kier alpha value is -0.820. The summed E-state index contributed by atoms with van der Waals surface area (Å²) in [5.41, 5.74) is 7.48. The second kappa shape index (κ2) is 3.64. The molecule has 2 bridgehead atoms. The molecule has 2 N–H and O–H groups in total. The van der Waals surface area contributed by atoms with Crippen LogP contribution < -0.4 is 5.73 Å². The summed E-state index contributed by atoms with van der Waals surface area (Å²) in [5.74, 6) is 3.36. The van der Waals surface area contributed by atoms with Crippen molar-refractivity contribution in [1.29, 1.82) is 0 Å². The van der Waals surface area contributed by atoms with E-state index >= 15 is 0 Å². The first-order chi connectivity index (χ1) is 7.40. The van der Waals surface area contributed by atoms with Crippen molar-refractivity contribution in [2.75, 3.05) is 6.54 Å². The Labute approximate surface area is 91.7 Å². The lowest BCUT2D eigenvalue weighted by Gasteiger charge is -2.30. The summed E-state index contributed by atoms with van der Waals surface area (Å²) in [6.07, 6.45) is 4.29. The monoisotopic (exact) mass is 201 g/mol. The Morgan fingerprint density at radius 1 is 1.07 bits per heavy atom. The van der Waals surface area contributed by atoms with Crippen LogP contribution in [0.25, 0.3) is 0 Å². The summed E-state index contributed by atoms with van der Waals surface area (Å²) in [4.78, 5) is 0. The smallest absolute Gasteiger partial charge is 0.00403 e. The lowest BCUT2D eigenvalue weighted by Crippen LogP contribution is -2.27. The molecule has 0 amide bonds. The summed E-state index contributed by atoms with van der Waals surface area (Å²) in [6, 6.07) is 11.0. The van der Waals surface area contributed by atoms with Gasteiger partial charge in [0, 0.05) is 0 Å². The third-order valence-electron chi connectivity index (χ3n) is 4.55. The van der Waals surface area contributed by atoms with Crippen LogP contribution in [0.2, 0.25) is 0 Å². The number of hydrogen-bond donors (Lipinski definition) is 1. The summed E-state index contributed by atoms with van der Waals surface area (Å²) in [6.45, 7) is 0.876. The predicted octanol–water partition coefficient (Wildman–Crippen LogP) is 2.78. The Balaban J connectivity index is 1.92. The first-order valence-electron chi connectivity index (χ1n) is 6.15. The van der Waals surface area contributed by atoms with E-state index in [9.17, 15) is 0 Å². The zero-order valence-corrected chi connectivity index (χ0v) is 9.10. The van der Waals surface area contributed by atoms with Crippen molar-refractivity contribution in [2.24, 2.45) is 23.5 Å². The normalized spacial score (nSPS) is 38.5. The van der Waals surface area contributed by atoms with Gasteiger partial charge in [-0.15, -0.1) is 0 Å². The molecule has 2 aliphatic rings. The van der Waals surface area contributed by atoms with Crippen LogP contribution >= 0.6 is 0 Å². The fourth-order valence-electron chi connectivity index (χ4n) is 3.94. The molecule has 1 aromatic carbocycles. The molecule has 3 rings (SSSR count). The van der Waals surface area contributed by atoms with Crippen LogP contribution in [0.4, 0.5) is 0 Å². The highest BCUT2D eigenvalue weighted by Gasteiger charge is 2.46. The average Bonchev–Trinajstić information content (AvgIpc) is 2.89. The van der Waals surface area contributed by atoms with Gasteiger partial charge in [-0.3, -0.25) is 0 Å². The van der Waals surface area contributed by atoms with Gasteiger partial charge in [0.2, 0.25) is 0 Å². The maximum absolute atomic E-state index is 5.95. The van der Waals surface area contributed by atoms with Gasteiger partial charge in [-0.05, 0) is 55.0 Å².